The average molecular weight is 678 g/mol. The molecule has 0 fully saturated rings. The molecule has 254 valence electrons. The number of carbonyl (C=O) groups excluding carboxylic acids is 1. The number of anilines is 3. The fourth-order valence-electron chi connectivity index (χ4n) is 5.19. The molecule has 0 aliphatic carbocycles. The Balaban J connectivity index is 1.37. The van der Waals surface area contributed by atoms with Gasteiger partial charge in [0.2, 0.25) is 0 Å². The number of amides is 1. The maximum atomic E-state index is 15.5. The molecule has 4 aromatic rings. The molecule has 1 aliphatic heterocycles. The molecule has 0 radical (unpaired) electrons. The zero-order chi connectivity index (χ0) is 34.8. The number of para-hydroxylation sites is 1. The first-order valence-electron chi connectivity index (χ1n) is 15.5. The molecule has 11 nitrogen and oxygen atoms in total. The molecule has 2 aromatic carbocycles. The van der Waals surface area contributed by atoms with Crippen molar-refractivity contribution in [3.63, 3.8) is 0 Å². The number of hydrazine groups is 1. The van der Waals surface area contributed by atoms with E-state index in [1.807, 2.05) is 29.3 Å². The van der Waals surface area contributed by atoms with Gasteiger partial charge in [-0.25, -0.2) is 23.8 Å². The number of ether oxygens (including phenoxy) is 2. The predicted octanol–water partition coefficient (Wildman–Crippen LogP) is 6.36. The summed E-state index contributed by atoms with van der Waals surface area (Å²) in [5.41, 5.74) is 7.57. The minimum Gasteiger partial charge on any atom is -0.491 e. The van der Waals surface area contributed by atoms with Crippen LogP contribution >= 0.6 is 0 Å². The highest BCUT2D eigenvalue weighted by Crippen LogP contribution is 2.43. The molecule has 1 unspecified atom stereocenters. The molecule has 14 heteroatoms. The van der Waals surface area contributed by atoms with Gasteiger partial charge in [0.25, 0.3) is 5.91 Å². The lowest BCUT2D eigenvalue weighted by molar-refractivity contribution is 0.100. The number of methoxy groups -OCH3 is 1. The van der Waals surface area contributed by atoms with Gasteiger partial charge in [-0.1, -0.05) is 39.0 Å². The van der Waals surface area contributed by atoms with Crippen LogP contribution in [0.5, 0.6) is 11.5 Å². The van der Waals surface area contributed by atoms with Gasteiger partial charge in [-0.3, -0.25) is 9.78 Å². The lowest BCUT2D eigenvalue weighted by Gasteiger charge is -2.36. The highest BCUT2D eigenvalue weighted by Gasteiger charge is 2.38. The summed E-state index contributed by atoms with van der Waals surface area (Å²) in [5, 5.41) is 6.77. The highest BCUT2D eigenvalue weighted by molar-refractivity contribution is 6.74. The quantitative estimate of drug-likeness (QED) is 0.129. The minimum atomic E-state index is -1.97. The van der Waals surface area contributed by atoms with E-state index in [1.165, 1.54) is 37.8 Å². The molecular weight excluding hydrogens is 637 g/mol. The van der Waals surface area contributed by atoms with Crippen LogP contribution in [0.25, 0.3) is 0 Å². The van der Waals surface area contributed by atoms with E-state index in [0.717, 1.165) is 11.3 Å². The molecule has 1 aliphatic rings. The van der Waals surface area contributed by atoms with E-state index in [2.05, 4.69) is 49.1 Å². The van der Waals surface area contributed by atoms with Crippen molar-refractivity contribution in [2.45, 2.75) is 51.5 Å². The minimum absolute atomic E-state index is 0.0438. The number of primary amides is 1. The van der Waals surface area contributed by atoms with E-state index < -0.39 is 31.9 Å². The molecule has 0 saturated carbocycles. The summed E-state index contributed by atoms with van der Waals surface area (Å²) < 4.78 is 48.3. The average Bonchev–Trinajstić information content (AvgIpc) is 3.31. The first-order chi connectivity index (χ1) is 22.7. The standard InChI is InChI=1S/C34H41F2N7O4Si/c1-34(2,3)48(6,7)47-15-14-46-21-16-25(35)24(26(36)17-21)20-43-28-11-9-8-10-22(28)30(42(43)4)33-39-19-29(45-5)32(41-33)40-27-12-13-38-18-23(27)31(37)44/h8-13,16-19,30H,14-15,20H2,1-7H3,(H2,37,44)(H,38,39,40,41). The third kappa shape index (κ3) is 7.10. The summed E-state index contributed by atoms with van der Waals surface area (Å²) in [6, 6.07) is 11.0. The molecule has 3 N–H and O–H groups in total. The third-order valence-corrected chi connectivity index (χ3v) is 13.4. The van der Waals surface area contributed by atoms with Crippen molar-refractivity contribution in [3.8, 4) is 11.5 Å². The number of hydrogen-bond donors (Lipinski definition) is 2. The highest BCUT2D eigenvalue weighted by atomic mass is 28.4. The Morgan fingerprint density at radius 3 is 2.46 bits per heavy atom. The van der Waals surface area contributed by atoms with Gasteiger partial charge in [-0.2, -0.15) is 0 Å². The van der Waals surface area contributed by atoms with Gasteiger partial charge in [-0.05, 0) is 30.3 Å². The third-order valence-electron chi connectivity index (χ3n) is 8.89. The number of carbonyl (C=O) groups is 1. The number of nitrogens with one attached hydrogen (secondary N) is 1. The Morgan fingerprint density at radius 2 is 1.79 bits per heavy atom. The van der Waals surface area contributed by atoms with E-state index >= 15 is 8.78 Å². The Morgan fingerprint density at radius 1 is 1.08 bits per heavy atom. The molecule has 48 heavy (non-hydrogen) atoms. The van der Waals surface area contributed by atoms with Crippen LogP contribution in [-0.4, -0.2) is 61.6 Å². The van der Waals surface area contributed by atoms with Crippen LogP contribution in [-0.2, 0) is 11.0 Å². The van der Waals surface area contributed by atoms with Gasteiger partial charge in [0.05, 0.1) is 43.4 Å². The Bertz CT molecular complexity index is 1780. The topological polar surface area (TPSA) is 128 Å². The van der Waals surface area contributed by atoms with Crippen LogP contribution in [0.3, 0.4) is 0 Å². The summed E-state index contributed by atoms with van der Waals surface area (Å²) in [6.07, 6.45) is 4.40. The monoisotopic (exact) mass is 677 g/mol. The van der Waals surface area contributed by atoms with Crippen molar-refractivity contribution in [1.82, 2.24) is 20.0 Å². The number of benzene rings is 2. The second kappa shape index (κ2) is 13.8. The van der Waals surface area contributed by atoms with E-state index in [-0.39, 0.29) is 35.1 Å². The van der Waals surface area contributed by atoms with Crippen molar-refractivity contribution in [2.24, 2.45) is 5.73 Å². The molecule has 0 bridgehead atoms. The SMILES string of the molecule is COc1cnc(C2c3ccccc3N(Cc3c(F)cc(OCCO[Si](C)(C)C(C)(C)C)cc3F)N2C)nc1Nc1ccncc1C(N)=O. The molecule has 0 saturated heterocycles. The van der Waals surface area contributed by atoms with E-state index in [1.54, 1.807) is 18.1 Å². The van der Waals surface area contributed by atoms with Gasteiger partial charge in [0, 0.05) is 42.7 Å². The Kier molecular flexibility index (Phi) is 9.98. The zero-order valence-corrected chi connectivity index (χ0v) is 29.2. The lowest BCUT2D eigenvalue weighted by atomic mass is 10.1. The lowest BCUT2D eigenvalue weighted by Crippen LogP contribution is -2.41. The summed E-state index contributed by atoms with van der Waals surface area (Å²) in [5.74, 6) is -0.999. The molecular formula is C34H41F2N7O4Si. The van der Waals surface area contributed by atoms with Gasteiger partial charge in [-0.15, -0.1) is 0 Å². The number of nitrogens with zero attached hydrogens (tertiary/aromatic N) is 5. The van der Waals surface area contributed by atoms with Crippen LogP contribution < -0.4 is 25.5 Å². The maximum absolute atomic E-state index is 15.5. The summed E-state index contributed by atoms with van der Waals surface area (Å²) in [7, 11) is 1.31. The van der Waals surface area contributed by atoms with Gasteiger partial charge < -0.3 is 30.0 Å². The number of halogens is 2. The van der Waals surface area contributed by atoms with Crippen LogP contribution in [0.2, 0.25) is 18.1 Å². The molecule has 1 amide bonds. The van der Waals surface area contributed by atoms with E-state index in [9.17, 15) is 4.79 Å². The normalized spacial score (nSPS) is 14.9. The van der Waals surface area contributed by atoms with Crippen LogP contribution in [0.4, 0.5) is 26.0 Å². The summed E-state index contributed by atoms with van der Waals surface area (Å²) in [4.78, 5) is 25.3. The second-order valence-corrected chi connectivity index (χ2v) is 17.8. The van der Waals surface area contributed by atoms with E-state index in [0.29, 0.717) is 29.7 Å². The fraction of sp³-hybridized carbons (Fsp3) is 0.353. The predicted molar refractivity (Wildman–Crippen MR) is 182 cm³/mol. The largest absolute Gasteiger partial charge is 0.491 e. The maximum Gasteiger partial charge on any atom is 0.252 e. The van der Waals surface area contributed by atoms with Gasteiger partial charge >= 0.3 is 0 Å². The molecule has 5 rings (SSSR count). The molecule has 1 atom stereocenters. The number of nitrogens with two attached hydrogens (primary N) is 1. The molecule has 3 heterocycles. The smallest absolute Gasteiger partial charge is 0.252 e. The van der Waals surface area contributed by atoms with Gasteiger partial charge in [0.1, 0.15) is 30.0 Å². The van der Waals surface area contributed by atoms with Crippen LogP contribution in [0, 0.1) is 11.6 Å². The number of rotatable bonds is 12. The number of hydrogen-bond acceptors (Lipinski definition) is 10. The number of pyridine rings is 1. The Labute approximate surface area is 280 Å². The first-order valence-corrected chi connectivity index (χ1v) is 18.4. The van der Waals surface area contributed by atoms with Crippen molar-refractivity contribution in [3.05, 3.63) is 95.2 Å². The van der Waals surface area contributed by atoms with Crippen molar-refractivity contribution in [1.29, 1.82) is 0 Å². The van der Waals surface area contributed by atoms with Crippen molar-refractivity contribution in [2.75, 3.05) is 37.7 Å². The summed E-state index contributed by atoms with van der Waals surface area (Å²) >= 11 is 0. The Hall–Kier alpha value is -4.66. The molecule has 2 aromatic heterocycles. The van der Waals surface area contributed by atoms with E-state index in [4.69, 9.17) is 24.6 Å². The zero-order valence-electron chi connectivity index (χ0n) is 28.2. The number of fused-ring (bicyclic) bond motifs is 1. The molecule has 0 spiro atoms. The van der Waals surface area contributed by atoms with Crippen LogP contribution in [0.1, 0.15) is 54.1 Å². The van der Waals surface area contributed by atoms with Crippen LogP contribution in [0.15, 0.2) is 61.1 Å². The van der Waals surface area contributed by atoms with Crippen molar-refractivity contribution >= 4 is 31.4 Å². The first kappa shape index (κ1) is 34.7. The number of aromatic nitrogens is 3. The fourth-order valence-corrected chi connectivity index (χ4v) is 6.21. The van der Waals surface area contributed by atoms with Gasteiger partial charge in [0.15, 0.2) is 25.7 Å². The second-order valence-electron chi connectivity index (χ2n) is 13.0. The summed E-state index contributed by atoms with van der Waals surface area (Å²) in [6.45, 7) is 11.1. The van der Waals surface area contributed by atoms with Crippen molar-refractivity contribution < 1.29 is 27.5 Å².